The van der Waals surface area contributed by atoms with Gasteiger partial charge in [0.2, 0.25) is 23.7 Å². The van der Waals surface area contributed by atoms with Crippen molar-refractivity contribution < 1.29 is 37.8 Å². The van der Waals surface area contributed by atoms with Crippen LogP contribution < -0.4 is 25.8 Å². The zero-order chi connectivity index (χ0) is 41.1. The summed E-state index contributed by atoms with van der Waals surface area (Å²) in [5.74, 6) is -1.36. The highest BCUT2D eigenvalue weighted by Gasteiger charge is 2.39. The molecule has 0 bridgehead atoms. The minimum Gasteiger partial charge on any atom is -0.449 e. The van der Waals surface area contributed by atoms with Crippen LogP contribution in [0.5, 0.6) is 0 Å². The number of likely N-dealkylation sites (tertiary alicyclic amines) is 1. The van der Waals surface area contributed by atoms with Crippen molar-refractivity contribution in [2.75, 3.05) is 79.4 Å². The zero-order valence-corrected chi connectivity index (χ0v) is 33.0. The van der Waals surface area contributed by atoms with Crippen LogP contribution in [0, 0.1) is 17.6 Å². The fourth-order valence-corrected chi connectivity index (χ4v) is 8.92. The first-order chi connectivity index (χ1) is 28.5. The molecule has 1 aromatic heterocycles. The van der Waals surface area contributed by atoms with Gasteiger partial charge in [-0.2, -0.15) is 0 Å². The average molecular weight is 816 g/mol. The summed E-state index contributed by atoms with van der Waals surface area (Å²) in [6.07, 6.45) is 5.86. The molecule has 314 valence electrons. The minimum atomic E-state index is -0.913. The fraction of sp³-hybridized carbons (Fsp3) is 0.524. The number of halogens is 2. The number of ether oxygens (including phenoxy) is 1. The topological polar surface area (TPSA) is 173 Å². The normalized spacial score (nSPS) is 24.0. The highest BCUT2D eigenvalue weighted by atomic mass is 19.1. The van der Waals surface area contributed by atoms with Crippen LogP contribution in [0.2, 0.25) is 0 Å². The van der Waals surface area contributed by atoms with Crippen molar-refractivity contribution in [2.24, 2.45) is 5.92 Å². The van der Waals surface area contributed by atoms with E-state index in [1.165, 1.54) is 11.0 Å². The van der Waals surface area contributed by atoms with Crippen LogP contribution in [0.1, 0.15) is 57.8 Å². The lowest BCUT2D eigenvalue weighted by Crippen LogP contribution is -2.56. The van der Waals surface area contributed by atoms with Crippen LogP contribution in [-0.4, -0.2) is 125 Å². The maximum absolute atomic E-state index is 15.2. The number of nitrogens with zero attached hydrogens (tertiary/aromatic N) is 6. The predicted octanol–water partition coefficient (Wildman–Crippen LogP) is 4.13. The van der Waals surface area contributed by atoms with Crippen molar-refractivity contribution in [1.82, 2.24) is 25.1 Å². The number of anilines is 4. The first-order valence-electron chi connectivity index (χ1n) is 20.7. The maximum Gasteiger partial charge on any atom is 0.414 e. The van der Waals surface area contributed by atoms with Crippen LogP contribution in [0.15, 0.2) is 48.7 Å². The Hall–Kier alpha value is -5.42. The van der Waals surface area contributed by atoms with Gasteiger partial charge in [-0.15, -0.1) is 0 Å². The monoisotopic (exact) mass is 815 g/mol. The van der Waals surface area contributed by atoms with Crippen molar-refractivity contribution in [1.29, 1.82) is 0 Å². The van der Waals surface area contributed by atoms with Crippen molar-refractivity contribution in [3.05, 3.63) is 60.3 Å². The first-order valence-corrected chi connectivity index (χ1v) is 20.7. The van der Waals surface area contributed by atoms with Crippen LogP contribution in [-0.2, 0) is 19.1 Å². The number of hydrogen-bond donors (Lipinski definition) is 4. The van der Waals surface area contributed by atoms with E-state index in [0.29, 0.717) is 126 Å². The number of imide groups is 1. The highest BCUT2D eigenvalue weighted by Crippen LogP contribution is 2.33. The van der Waals surface area contributed by atoms with Gasteiger partial charge in [-0.05, 0) is 81.7 Å². The van der Waals surface area contributed by atoms with E-state index in [2.05, 4.69) is 30.8 Å². The van der Waals surface area contributed by atoms with E-state index in [4.69, 9.17) is 4.74 Å². The number of rotatable bonds is 10. The average Bonchev–Trinajstić information content (AvgIpc) is 3.23. The molecule has 8 rings (SSSR count). The molecule has 1 aliphatic carbocycles. The van der Waals surface area contributed by atoms with Crippen molar-refractivity contribution in [3.63, 3.8) is 0 Å². The van der Waals surface area contributed by atoms with Gasteiger partial charge in [-0.3, -0.25) is 29.5 Å². The molecule has 17 heteroatoms. The molecule has 4 amide bonds. The Kier molecular flexibility index (Phi) is 11.9. The lowest BCUT2D eigenvalue weighted by molar-refractivity contribution is -0.141. The van der Waals surface area contributed by atoms with E-state index < -0.39 is 35.3 Å². The number of piperidine rings is 2. The fourth-order valence-electron chi connectivity index (χ4n) is 8.92. The third-order valence-corrected chi connectivity index (χ3v) is 12.3. The standard InChI is InChI=1S/C42H51F2N9O6/c43-32-24-30(46-34-10-12-36(54)48-38(34)55)9-11-35(32)51-20-18-50(19-21-51)26-42(58)13-16-52(17-14-42)39(56)27-5-7-29(8-6-27)47-40-45-25-33(44)37(49-40)28-3-1-4-31(23-28)53-15-2-22-59-41(53)57/h1,3-4,9,11,23-25,27,29,34,46,58H,2,5-8,10,12-22,26H2,(H,45,47,49)(H,48,54,55). The lowest BCUT2D eigenvalue weighted by Gasteiger charge is -2.44. The third-order valence-electron chi connectivity index (χ3n) is 12.3. The molecule has 3 aromatic rings. The number of cyclic esters (lactones) is 1. The second-order valence-electron chi connectivity index (χ2n) is 16.4. The molecule has 0 radical (unpaired) electrons. The maximum atomic E-state index is 15.2. The molecular weight excluding hydrogens is 765 g/mol. The van der Waals surface area contributed by atoms with Gasteiger partial charge in [0, 0.05) is 87.7 Å². The Labute approximate surface area is 341 Å². The van der Waals surface area contributed by atoms with Gasteiger partial charge in [0.25, 0.3) is 0 Å². The smallest absolute Gasteiger partial charge is 0.414 e. The summed E-state index contributed by atoms with van der Waals surface area (Å²) >= 11 is 0. The van der Waals surface area contributed by atoms with E-state index in [9.17, 15) is 28.7 Å². The molecule has 1 atom stereocenters. The zero-order valence-electron chi connectivity index (χ0n) is 33.0. The lowest BCUT2D eigenvalue weighted by atomic mass is 9.84. The van der Waals surface area contributed by atoms with E-state index in [1.807, 2.05) is 9.80 Å². The summed E-state index contributed by atoms with van der Waals surface area (Å²) in [5.41, 5.74) is 1.31. The minimum absolute atomic E-state index is 0.0246. The molecule has 1 saturated carbocycles. The molecule has 59 heavy (non-hydrogen) atoms. The van der Waals surface area contributed by atoms with E-state index in [0.717, 1.165) is 19.0 Å². The number of hydrogen-bond acceptors (Lipinski definition) is 12. The number of aliphatic hydroxyl groups is 1. The second-order valence-corrected chi connectivity index (χ2v) is 16.4. The third kappa shape index (κ3) is 9.41. The van der Waals surface area contributed by atoms with Gasteiger partial charge in [0.15, 0.2) is 5.82 Å². The molecule has 5 aliphatic rings. The van der Waals surface area contributed by atoms with Crippen LogP contribution >= 0.6 is 0 Å². The van der Waals surface area contributed by atoms with Crippen molar-refractivity contribution in [3.8, 4) is 11.3 Å². The van der Waals surface area contributed by atoms with E-state index >= 15 is 4.39 Å². The molecule has 4 aliphatic heterocycles. The SMILES string of the molecule is O=C1CCC(Nc2ccc(N3CCN(CC4(O)CCN(C(=O)C5CCC(Nc6ncc(F)c(-c7cccc(N8CCCOC8=O)c7)n6)CC5)CC4)CC3)c(F)c2)C(=O)N1. The van der Waals surface area contributed by atoms with Gasteiger partial charge < -0.3 is 30.3 Å². The number of β-amino-alcohol motifs (C(OH)–C–C–N with tert-alkyl or cyclic N) is 1. The summed E-state index contributed by atoms with van der Waals surface area (Å²) in [6.45, 7) is 4.87. The van der Waals surface area contributed by atoms with E-state index in [1.54, 1.807) is 36.4 Å². The number of benzene rings is 2. The Balaban J connectivity index is 0.770. The largest absolute Gasteiger partial charge is 0.449 e. The number of nitrogens with one attached hydrogen (secondary N) is 3. The molecule has 5 fully saturated rings. The molecule has 5 heterocycles. The number of carbonyl (C=O) groups excluding carboxylic acids is 4. The summed E-state index contributed by atoms with van der Waals surface area (Å²) < 4.78 is 35.4. The quantitative estimate of drug-likeness (QED) is 0.216. The molecule has 15 nitrogen and oxygen atoms in total. The number of carbonyl (C=O) groups is 4. The highest BCUT2D eigenvalue weighted by molar-refractivity contribution is 6.01. The molecule has 1 unspecified atom stereocenters. The van der Waals surface area contributed by atoms with E-state index in [-0.39, 0.29) is 35.9 Å². The van der Waals surface area contributed by atoms with Crippen LogP contribution in [0.3, 0.4) is 0 Å². The Morgan fingerprint density at radius 3 is 2.42 bits per heavy atom. The number of amides is 4. The Bertz CT molecular complexity index is 2050. The molecule has 4 N–H and O–H groups in total. The summed E-state index contributed by atoms with van der Waals surface area (Å²) in [5, 5.41) is 20.2. The van der Waals surface area contributed by atoms with Gasteiger partial charge >= 0.3 is 6.09 Å². The van der Waals surface area contributed by atoms with Gasteiger partial charge in [0.1, 0.15) is 17.6 Å². The molecular formula is C42H51F2N9O6. The number of aromatic nitrogens is 2. The van der Waals surface area contributed by atoms with Crippen molar-refractivity contribution >= 4 is 46.8 Å². The Morgan fingerprint density at radius 1 is 0.915 bits per heavy atom. The first kappa shape index (κ1) is 40.4. The summed E-state index contributed by atoms with van der Waals surface area (Å²) in [4.78, 5) is 65.7. The summed E-state index contributed by atoms with van der Waals surface area (Å²) in [6, 6.07) is 11.3. The van der Waals surface area contributed by atoms with Gasteiger partial charge in [-0.1, -0.05) is 12.1 Å². The molecule has 4 saturated heterocycles. The molecule has 2 aromatic carbocycles. The van der Waals surface area contributed by atoms with Crippen molar-refractivity contribution in [2.45, 2.75) is 75.5 Å². The van der Waals surface area contributed by atoms with Crippen LogP contribution in [0.25, 0.3) is 11.3 Å². The van der Waals surface area contributed by atoms with Crippen LogP contribution in [0.4, 0.5) is 36.6 Å². The Morgan fingerprint density at radius 2 is 1.69 bits per heavy atom. The second kappa shape index (κ2) is 17.4. The van der Waals surface area contributed by atoms with Gasteiger partial charge in [0.05, 0.1) is 24.1 Å². The van der Waals surface area contributed by atoms with Gasteiger partial charge in [-0.25, -0.2) is 23.5 Å². The number of piperazine rings is 1. The summed E-state index contributed by atoms with van der Waals surface area (Å²) in [7, 11) is 0. The predicted molar refractivity (Wildman–Crippen MR) is 216 cm³/mol. The molecule has 0 spiro atoms.